The molecule has 1 aliphatic rings. The van der Waals surface area contributed by atoms with E-state index in [0.717, 1.165) is 18.7 Å². The molecule has 0 saturated carbocycles. The topological polar surface area (TPSA) is 23.5 Å². The first-order chi connectivity index (χ1) is 7.99. The van der Waals surface area contributed by atoms with Crippen molar-refractivity contribution < 1.29 is 5.11 Å². The van der Waals surface area contributed by atoms with Crippen LogP contribution in [0.25, 0.3) is 0 Å². The summed E-state index contributed by atoms with van der Waals surface area (Å²) in [5.41, 5.74) is 2.49. The quantitative estimate of drug-likeness (QED) is 0.867. The maximum Gasteiger partial charge on any atom is 0.0917 e. The molecule has 1 fully saturated rings. The molecule has 17 heavy (non-hydrogen) atoms. The zero-order chi connectivity index (χ0) is 12.5. The highest BCUT2D eigenvalue weighted by Crippen LogP contribution is 2.30. The van der Waals surface area contributed by atoms with Crippen LogP contribution in [0.5, 0.6) is 0 Å². The molecular weight excluding hydrogens is 210 g/mol. The van der Waals surface area contributed by atoms with Gasteiger partial charge in [-0.25, -0.2) is 0 Å². The van der Waals surface area contributed by atoms with Gasteiger partial charge in [0, 0.05) is 12.1 Å². The molecule has 1 atom stereocenters. The van der Waals surface area contributed by atoms with E-state index in [1.54, 1.807) is 0 Å². The summed E-state index contributed by atoms with van der Waals surface area (Å²) in [6, 6.07) is 8.17. The van der Waals surface area contributed by atoms with Gasteiger partial charge in [-0.15, -0.1) is 0 Å². The molecule has 2 nitrogen and oxygen atoms in total. The van der Waals surface area contributed by atoms with Crippen LogP contribution < -0.4 is 0 Å². The van der Waals surface area contributed by atoms with Crippen LogP contribution in [-0.4, -0.2) is 28.6 Å². The normalized spacial score (nSPS) is 21.6. The SMILES string of the molecule is Cc1cccc(C(O)CN2CCCC2(C)C)c1. The minimum Gasteiger partial charge on any atom is -0.387 e. The molecule has 0 amide bonds. The van der Waals surface area contributed by atoms with Gasteiger partial charge in [-0.3, -0.25) is 4.90 Å². The highest BCUT2D eigenvalue weighted by atomic mass is 16.3. The fourth-order valence-electron chi connectivity index (χ4n) is 2.69. The van der Waals surface area contributed by atoms with Gasteiger partial charge < -0.3 is 5.11 Å². The van der Waals surface area contributed by atoms with Crippen LogP contribution in [0.3, 0.4) is 0 Å². The average Bonchev–Trinajstić information content (AvgIpc) is 2.58. The predicted octanol–water partition coefficient (Wildman–Crippen LogP) is 2.90. The highest BCUT2D eigenvalue weighted by molar-refractivity contribution is 5.24. The lowest BCUT2D eigenvalue weighted by atomic mass is 10.0. The molecule has 0 radical (unpaired) electrons. The van der Waals surface area contributed by atoms with Gasteiger partial charge in [0.2, 0.25) is 0 Å². The Morgan fingerprint density at radius 3 is 2.76 bits per heavy atom. The smallest absolute Gasteiger partial charge is 0.0917 e. The minimum atomic E-state index is -0.368. The number of hydrogen-bond acceptors (Lipinski definition) is 2. The molecule has 0 bridgehead atoms. The van der Waals surface area contributed by atoms with Crippen LogP contribution in [0.4, 0.5) is 0 Å². The van der Waals surface area contributed by atoms with Crippen LogP contribution >= 0.6 is 0 Å². The molecule has 0 aliphatic carbocycles. The van der Waals surface area contributed by atoms with Crippen molar-refractivity contribution in [3.8, 4) is 0 Å². The molecule has 1 unspecified atom stereocenters. The lowest BCUT2D eigenvalue weighted by Gasteiger charge is -2.33. The molecule has 0 spiro atoms. The van der Waals surface area contributed by atoms with E-state index in [-0.39, 0.29) is 11.6 Å². The fraction of sp³-hybridized carbons (Fsp3) is 0.600. The molecule has 2 heteroatoms. The van der Waals surface area contributed by atoms with E-state index in [4.69, 9.17) is 0 Å². The second kappa shape index (κ2) is 4.79. The zero-order valence-electron chi connectivity index (χ0n) is 11.1. The first-order valence-electron chi connectivity index (χ1n) is 6.49. The van der Waals surface area contributed by atoms with Crippen molar-refractivity contribution in [2.45, 2.75) is 45.3 Å². The largest absolute Gasteiger partial charge is 0.387 e. The first kappa shape index (κ1) is 12.6. The Morgan fingerprint density at radius 2 is 2.18 bits per heavy atom. The third kappa shape index (κ3) is 2.88. The van der Waals surface area contributed by atoms with E-state index < -0.39 is 0 Å². The number of hydrogen-bond donors (Lipinski definition) is 1. The van der Waals surface area contributed by atoms with Crippen LogP contribution in [0.1, 0.15) is 43.9 Å². The summed E-state index contributed by atoms with van der Waals surface area (Å²) in [4.78, 5) is 2.40. The van der Waals surface area contributed by atoms with Crippen molar-refractivity contribution in [2.24, 2.45) is 0 Å². The monoisotopic (exact) mass is 233 g/mol. The Balaban J connectivity index is 2.04. The van der Waals surface area contributed by atoms with Gasteiger partial charge in [0.05, 0.1) is 6.10 Å². The van der Waals surface area contributed by atoms with Crippen molar-refractivity contribution in [3.63, 3.8) is 0 Å². The van der Waals surface area contributed by atoms with Crippen molar-refractivity contribution in [1.29, 1.82) is 0 Å². The van der Waals surface area contributed by atoms with Gasteiger partial charge in [-0.2, -0.15) is 0 Å². The van der Waals surface area contributed by atoms with Crippen molar-refractivity contribution in [2.75, 3.05) is 13.1 Å². The lowest BCUT2D eigenvalue weighted by molar-refractivity contribution is 0.0778. The molecule has 1 N–H and O–H groups in total. The van der Waals surface area contributed by atoms with Gasteiger partial charge in [-0.1, -0.05) is 29.8 Å². The summed E-state index contributed by atoms with van der Waals surface area (Å²) in [5, 5.41) is 10.3. The number of aliphatic hydroxyl groups is 1. The number of aryl methyl sites for hydroxylation is 1. The van der Waals surface area contributed by atoms with E-state index in [9.17, 15) is 5.11 Å². The van der Waals surface area contributed by atoms with Gasteiger partial charge in [0.15, 0.2) is 0 Å². The Hall–Kier alpha value is -0.860. The van der Waals surface area contributed by atoms with Crippen molar-refractivity contribution in [1.82, 2.24) is 4.90 Å². The number of nitrogens with zero attached hydrogens (tertiary/aromatic N) is 1. The van der Waals surface area contributed by atoms with E-state index in [0.29, 0.717) is 0 Å². The lowest BCUT2D eigenvalue weighted by Crippen LogP contribution is -2.40. The molecule has 1 saturated heterocycles. The summed E-state index contributed by atoms with van der Waals surface area (Å²) in [7, 11) is 0. The van der Waals surface area contributed by atoms with Gasteiger partial charge in [0.1, 0.15) is 0 Å². The second-order valence-corrected chi connectivity index (χ2v) is 5.79. The Kier molecular flexibility index (Phi) is 3.55. The van der Waals surface area contributed by atoms with Crippen LogP contribution in [0.2, 0.25) is 0 Å². The predicted molar refractivity (Wildman–Crippen MR) is 71.0 cm³/mol. The number of rotatable bonds is 3. The average molecular weight is 233 g/mol. The highest BCUT2D eigenvalue weighted by Gasteiger charge is 2.32. The Labute approximate surface area is 104 Å². The zero-order valence-corrected chi connectivity index (χ0v) is 11.1. The Bertz CT molecular complexity index is 386. The number of aliphatic hydroxyl groups excluding tert-OH is 1. The maximum absolute atomic E-state index is 10.3. The molecule has 0 aromatic heterocycles. The van der Waals surface area contributed by atoms with Crippen LogP contribution in [0.15, 0.2) is 24.3 Å². The van der Waals surface area contributed by atoms with Gasteiger partial charge in [-0.05, 0) is 45.7 Å². The molecule has 1 aromatic carbocycles. The van der Waals surface area contributed by atoms with E-state index >= 15 is 0 Å². The third-order valence-electron chi connectivity index (χ3n) is 3.89. The molecule has 1 heterocycles. The summed E-state index contributed by atoms with van der Waals surface area (Å²) < 4.78 is 0. The summed E-state index contributed by atoms with van der Waals surface area (Å²) in [6.07, 6.45) is 2.11. The maximum atomic E-state index is 10.3. The van der Waals surface area contributed by atoms with Gasteiger partial charge >= 0.3 is 0 Å². The number of benzene rings is 1. The molecule has 1 aromatic rings. The Morgan fingerprint density at radius 1 is 1.41 bits per heavy atom. The van der Waals surface area contributed by atoms with E-state index in [1.165, 1.54) is 18.4 Å². The molecule has 2 rings (SSSR count). The molecule has 94 valence electrons. The van der Waals surface area contributed by atoms with Crippen LogP contribution in [0, 0.1) is 6.92 Å². The fourth-order valence-corrected chi connectivity index (χ4v) is 2.69. The standard InChI is InChI=1S/C15H23NO/c1-12-6-4-7-13(10-12)14(17)11-16-9-5-8-15(16,2)3/h4,6-7,10,14,17H,5,8-9,11H2,1-3H3. The minimum absolute atomic E-state index is 0.241. The van der Waals surface area contributed by atoms with Crippen molar-refractivity contribution >= 4 is 0 Å². The van der Waals surface area contributed by atoms with E-state index in [1.807, 2.05) is 12.1 Å². The molecule has 1 aliphatic heterocycles. The summed E-state index contributed by atoms with van der Waals surface area (Å²) in [6.45, 7) is 8.45. The van der Waals surface area contributed by atoms with Crippen molar-refractivity contribution in [3.05, 3.63) is 35.4 Å². The van der Waals surface area contributed by atoms with Gasteiger partial charge in [0.25, 0.3) is 0 Å². The number of likely N-dealkylation sites (tertiary alicyclic amines) is 1. The second-order valence-electron chi connectivity index (χ2n) is 5.79. The summed E-state index contributed by atoms with van der Waals surface area (Å²) >= 11 is 0. The first-order valence-corrected chi connectivity index (χ1v) is 6.49. The third-order valence-corrected chi connectivity index (χ3v) is 3.89. The van der Waals surface area contributed by atoms with Crippen LogP contribution in [-0.2, 0) is 0 Å². The summed E-state index contributed by atoms with van der Waals surface area (Å²) in [5.74, 6) is 0. The molecular formula is C15H23NO. The van der Waals surface area contributed by atoms with E-state index in [2.05, 4.69) is 37.8 Å². The number of β-amino-alcohol motifs (C(OH)–C–C–N with tert-alkyl or cyclic N) is 1.